The van der Waals surface area contributed by atoms with Gasteiger partial charge in [0.1, 0.15) is 18.8 Å². The van der Waals surface area contributed by atoms with Gasteiger partial charge in [0.15, 0.2) is 0 Å². The number of anilines is 1. The third-order valence-corrected chi connectivity index (χ3v) is 5.05. The molecule has 0 radical (unpaired) electrons. The van der Waals surface area contributed by atoms with Crippen LogP contribution in [0, 0.1) is 0 Å². The Hall–Kier alpha value is -4.10. The number of ketones is 1. The Labute approximate surface area is 192 Å². The highest BCUT2D eigenvalue weighted by molar-refractivity contribution is 6.39. The van der Waals surface area contributed by atoms with Crippen LogP contribution in [0.2, 0.25) is 0 Å². The Balaban J connectivity index is 1.85. The fourth-order valence-electron chi connectivity index (χ4n) is 3.51. The van der Waals surface area contributed by atoms with Gasteiger partial charge in [-0.05, 0) is 35.4 Å². The van der Waals surface area contributed by atoms with Crippen molar-refractivity contribution in [3.05, 3.63) is 71.0 Å². The number of carbonyl (C=O) groups is 3. The first-order chi connectivity index (χ1) is 16.3. The van der Waals surface area contributed by atoms with Gasteiger partial charge in [-0.15, -0.1) is 0 Å². The standard InChI is InChI=1S/C22H20N2O10/c25-17(26)9-23(10-18(27)28)15-5-1-13(2-6-15)19-21(29)20(22(19)30)14-3-7-16(8-4-14)24(11-33-31)12-34-32/h1-8H,9-12H2,(H4-,25,26,27,28,29,30,31,32)/p+1. The Kier molecular flexibility index (Phi) is 7.71. The Morgan fingerprint density at radius 1 is 0.853 bits per heavy atom. The van der Waals surface area contributed by atoms with E-state index in [0.717, 1.165) is 4.90 Å². The molecular formula is C22H21N2O10+. The van der Waals surface area contributed by atoms with Gasteiger partial charge in [0.05, 0.1) is 11.1 Å². The lowest BCUT2D eigenvalue weighted by atomic mass is 9.80. The number of aliphatic carboxylic acids is 2. The maximum absolute atomic E-state index is 12.8. The number of aliphatic hydroxyl groups is 1. The van der Waals surface area contributed by atoms with Crippen LogP contribution in [0.4, 0.5) is 5.69 Å². The molecule has 0 aliphatic heterocycles. The zero-order chi connectivity index (χ0) is 24.8. The summed E-state index contributed by atoms with van der Waals surface area (Å²) in [4.78, 5) is 44.0. The van der Waals surface area contributed by atoms with E-state index in [0.29, 0.717) is 22.5 Å². The highest BCUT2D eigenvalue weighted by atomic mass is 17.1. The minimum absolute atomic E-state index is 0.0811. The van der Waals surface area contributed by atoms with Gasteiger partial charge in [-0.2, -0.15) is 14.4 Å². The lowest BCUT2D eigenvalue weighted by Gasteiger charge is -2.25. The van der Waals surface area contributed by atoms with Gasteiger partial charge >= 0.3 is 11.9 Å². The molecule has 0 atom stereocenters. The molecule has 0 bridgehead atoms. The first-order valence-corrected chi connectivity index (χ1v) is 9.79. The molecule has 0 spiro atoms. The number of Topliss-reactive ketones (excluding diaryl/α,β-unsaturated/α-hetero) is 1. The van der Waals surface area contributed by atoms with Crippen molar-refractivity contribution in [2.45, 2.75) is 0 Å². The molecular weight excluding hydrogens is 452 g/mol. The summed E-state index contributed by atoms with van der Waals surface area (Å²) in [5.41, 5.74) is 1.86. The number of carboxylic acids is 2. The van der Waals surface area contributed by atoms with Crippen LogP contribution in [0.25, 0.3) is 5.57 Å². The number of nitrogens with zero attached hydrogens (tertiary/aromatic N) is 2. The number of hydrogen-bond donors (Lipinski definition) is 5. The summed E-state index contributed by atoms with van der Waals surface area (Å²) in [5, 5.41) is 45.8. The van der Waals surface area contributed by atoms with E-state index in [1.54, 1.807) is 24.3 Å². The van der Waals surface area contributed by atoms with E-state index in [1.807, 2.05) is 0 Å². The zero-order valence-corrected chi connectivity index (χ0v) is 17.6. The second-order valence-corrected chi connectivity index (χ2v) is 7.22. The smallest absolute Gasteiger partial charge is 0.323 e. The normalized spacial score (nSPS) is 15.0. The summed E-state index contributed by atoms with van der Waals surface area (Å²) in [7, 11) is 0. The lowest BCUT2D eigenvalue weighted by molar-refractivity contribution is -0.650. The first kappa shape index (κ1) is 24.5. The molecule has 2 aliphatic rings. The summed E-state index contributed by atoms with van der Waals surface area (Å²) in [5.74, 6) is -3.00. The number of carbonyl (C=O) groups excluding carboxylic acids is 1. The van der Waals surface area contributed by atoms with Crippen LogP contribution in [0.1, 0.15) is 5.56 Å². The number of hydrogen-bond acceptors (Lipinski definition) is 9. The second-order valence-electron chi connectivity index (χ2n) is 7.22. The van der Waals surface area contributed by atoms with E-state index in [-0.39, 0.29) is 30.4 Å². The van der Waals surface area contributed by atoms with E-state index in [1.165, 1.54) is 28.8 Å². The first-order valence-electron chi connectivity index (χ1n) is 9.79. The fourth-order valence-corrected chi connectivity index (χ4v) is 3.51. The van der Waals surface area contributed by atoms with Crippen LogP contribution >= 0.6 is 0 Å². The van der Waals surface area contributed by atoms with Crippen molar-refractivity contribution in [1.29, 1.82) is 0 Å². The molecule has 0 aromatic heterocycles. The third kappa shape index (κ3) is 5.27. The predicted molar refractivity (Wildman–Crippen MR) is 116 cm³/mol. The van der Waals surface area contributed by atoms with Crippen LogP contribution in [0.15, 0.2) is 65.5 Å². The van der Waals surface area contributed by atoms with Gasteiger partial charge in [0, 0.05) is 17.8 Å². The molecule has 0 unspecified atom stereocenters. The molecule has 5 N–H and O–H groups in total. The quantitative estimate of drug-likeness (QED) is 0.109. The summed E-state index contributed by atoms with van der Waals surface area (Å²) < 4.78 is 1.34. The summed E-state index contributed by atoms with van der Waals surface area (Å²) in [6.45, 7) is -1.59. The van der Waals surface area contributed by atoms with Gasteiger partial charge < -0.3 is 20.2 Å². The summed E-state index contributed by atoms with van der Waals surface area (Å²) in [6.07, 6.45) is 6.28. The number of rotatable bonds is 10. The molecule has 1 aromatic rings. The SMILES string of the molecule is O=C(O)CN(CC(=O)O)c1ccc(C2=C(O)C(=C3C=CC(=[N+](COO)COO)C=C3)C2=O)cc1. The third-order valence-electron chi connectivity index (χ3n) is 5.05. The molecule has 1 aromatic carbocycles. The van der Waals surface area contributed by atoms with Crippen molar-refractivity contribution in [3.63, 3.8) is 0 Å². The molecule has 0 fully saturated rings. The Bertz CT molecular complexity index is 1120. The Morgan fingerprint density at radius 3 is 1.82 bits per heavy atom. The molecule has 0 amide bonds. The van der Waals surface area contributed by atoms with Crippen molar-refractivity contribution in [2.24, 2.45) is 0 Å². The number of carboxylic acid groups (broad SMARTS) is 2. The average molecular weight is 473 g/mol. The maximum Gasteiger partial charge on any atom is 0.323 e. The summed E-state index contributed by atoms with van der Waals surface area (Å²) in [6, 6.07) is 5.94. The molecule has 0 heterocycles. The van der Waals surface area contributed by atoms with Gasteiger partial charge in [0.2, 0.25) is 11.5 Å². The zero-order valence-electron chi connectivity index (χ0n) is 17.6. The Morgan fingerprint density at radius 2 is 1.38 bits per heavy atom. The van der Waals surface area contributed by atoms with Gasteiger partial charge in [0.25, 0.3) is 13.5 Å². The molecule has 12 heteroatoms. The molecule has 0 saturated carbocycles. The molecule has 2 aliphatic carbocycles. The molecule has 3 rings (SSSR count). The minimum atomic E-state index is -1.19. The largest absolute Gasteiger partial charge is 0.506 e. The topological polar surface area (TPSA) is 177 Å². The van der Waals surface area contributed by atoms with Crippen LogP contribution in [0.3, 0.4) is 0 Å². The number of benzene rings is 1. The van der Waals surface area contributed by atoms with E-state index in [9.17, 15) is 19.5 Å². The number of aliphatic hydroxyl groups excluding tert-OH is 1. The van der Waals surface area contributed by atoms with Gasteiger partial charge in [-0.1, -0.05) is 12.1 Å². The maximum atomic E-state index is 12.8. The average Bonchev–Trinajstić information content (AvgIpc) is 2.79. The van der Waals surface area contributed by atoms with E-state index >= 15 is 0 Å². The molecule has 34 heavy (non-hydrogen) atoms. The van der Waals surface area contributed by atoms with Crippen LogP contribution in [-0.2, 0) is 24.2 Å². The molecule has 12 nitrogen and oxygen atoms in total. The van der Waals surface area contributed by atoms with Crippen LogP contribution < -0.4 is 4.90 Å². The van der Waals surface area contributed by atoms with Crippen molar-refractivity contribution < 1.29 is 54.6 Å². The molecule has 0 saturated heterocycles. The monoisotopic (exact) mass is 473 g/mol. The minimum Gasteiger partial charge on any atom is -0.506 e. The fraction of sp³-hybridized carbons (Fsp3) is 0.182. The van der Waals surface area contributed by atoms with E-state index in [2.05, 4.69) is 9.78 Å². The highest BCUT2D eigenvalue weighted by Gasteiger charge is 2.36. The van der Waals surface area contributed by atoms with Crippen molar-refractivity contribution in [2.75, 3.05) is 31.5 Å². The number of allylic oxidation sites excluding steroid dienone is 7. The van der Waals surface area contributed by atoms with Crippen molar-refractivity contribution in [1.82, 2.24) is 0 Å². The van der Waals surface area contributed by atoms with Crippen LogP contribution in [-0.4, -0.2) is 80.4 Å². The van der Waals surface area contributed by atoms with Crippen LogP contribution in [0.5, 0.6) is 0 Å². The van der Waals surface area contributed by atoms with Gasteiger partial charge in [-0.3, -0.25) is 14.4 Å². The second kappa shape index (κ2) is 10.7. The van der Waals surface area contributed by atoms with Crippen molar-refractivity contribution >= 4 is 34.7 Å². The molecule has 178 valence electrons. The van der Waals surface area contributed by atoms with E-state index < -0.39 is 30.8 Å². The highest BCUT2D eigenvalue weighted by Crippen LogP contribution is 2.39. The predicted octanol–water partition coefficient (Wildman–Crippen LogP) is 1.28. The van der Waals surface area contributed by atoms with Crippen molar-refractivity contribution in [3.8, 4) is 0 Å². The summed E-state index contributed by atoms with van der Waals surface area (Å²) >= 11 is 0. The van der Waals surface area contributed by atoms with Gasteiger partial charge in [-0.25, -0.2) is 10.5 Å². The van der Waals surface area contributed by atoms with E-state index in [4.69, 9.17) is 20.7 Å². The lowest BCUT2D eigenvalue weighted by Crippen LogP contribution is -2.34.